The summed E-state index contributed by atoms with van der Waals surface area (Å²) in [6.45, 7) is 3.01. The number of carbonyl (C=O) groups excluding carboxylic acids is 3. The summed E-state index contributed by atoms with van der Waals surface area (Å²) in [6.07, 6.45) is 0. The van der Waals surface area contributed by atoms with Crippen LogP contribution in [0.5, 0.6) is 5.75 Å². The minimum Gasteiger partial charge on any atom is -0.491 e. The number of aliphatic hydroxyl groups is 1. The van der Waals surface area contributed by atoms with Gasteiger partial charge in [0.1, 0.15) is 12.4 Å². The van der Waals surface area contributed by atoms with E-state index in [2.05, 4.69) is 5.32 Å². The van der Waals surface area contributed by atoms with Crippen LogP contribution in [0.2, 0.25) is 5.02 Å². The van der Waals surface area contributed by atoms with Gasteiger partial charge in [-0.25, -0.2) is 4.79 Å². The van der Waals surface area contributed by atoms with E-state index >= 15 is 0 Å². The van der Waals surface area contributed by atoms with Crippen LogP contribution < -0.4 is 15.0 Å². The summed E-state index contributed by atoms with van der Waals surface area (Å²) in [6, 6.07) is 11.4. The van der Waals surface area contributed by atoms with Crippen LogP contribution in [0.3, 0.4) is 0 Å². The largest absolute Gasteiger partial charge is 0.491 e. The Morgan fingerprint density at radius 1 is 1.19 bits per heavy atom. The van der Waals surface area contributed by atoms with Gasteiger partial charge in [0.15, 0.2) is 0 Å². The molecule has 1 atom stereocenters. The van der Waals surface area contributed by atoms with Gasteiger partial charge in [0.2, 0.25) is 5.91 Å². The van der Waals surface area contributed by atoms with Crippen LogP contribution in [0.15, 0.2) is 42.5 Å². The number of amides is 4. The third-order valence-electron chi connectivity index (χ3n) is 6.09. The first-order valence-corrected chi connectivity index (χ1v) is 12.3. The maximum atomic E-state index is 13.6. The van der Waals surface area contributed by atoms with E-state index in [1.165, 1.54) is 11.0 Å². The van der Waals surface area contributed by atoms with Crippen molar-refractivity contribution in [3.63, 3.8) is 0 Å². The Morgan fingerprint density at radius 3 is 2.65 bits per heavy atom. The lowest BCUT2D eigenvalue weighted by Crippen LogP contribution is -2.50. The molecule has 4 amide bonds. The van der Waals surface area contributed by atoms with E-state index in [9.17, 15) is 14.4 Å². The van der Waals surface area contributed by atoms with Crippen LogP contribution in [-0.4, -0.2) is 92.4 Å². The topological polar surface area (TPSA) is 112 Å². The summed E-state index contributed by atoms with van der Waals surface area (Å²) in [5.74, 6) is -0.0909. The zero-order chi connectivity index (χ0) is 26.9. The number of aliphatic hydroxyl groups excluding tert-OH is 1. The molecular formula is C26H33ClN4O6. The molecule has 200 valence electrons. The molecule has 2 N–H and O–H groups in total. The van der Waals surface area contributed by atoms with Crippen molar-refractivity contribution in [2.24, 2.45) is 0 Å². The highest BCUT2D eigenvalue weighted by molar-refractivity contribution is 6.34. The standard InChI is InChI=1S/C26H33ClN4O6/c1-18-16-31(25(34)21-9-8-20(14-22(21)27)37-13-11-32)23-7-5-4-6-19(23)17-30(18)26(35)28-15-24(33)29(2)10-12-36-3/h4-9,14,18,32H,10-13,15-17H2,1-3H3,(H,28,35)/t18-/m1/s1. The molecule has 11 heteroatoms. The lowest BCUT2D eigenvalue weighted by Gasteiger charge is -2.29. The van der Waals surface area contributed by atoms with Gasteiger partial charge in [-0.05, 0) is 36.8 Å². The average Bonchev–Trinajstić information content (AvgIpc) is 3.05. The number of nitrogens with zero attached hydrogens (tertiary/aromatic N) is 3. The molecule has 10 nitrogen and oxygen atoms in total. The van der Waals surface area contributed by atoms with Gasteiger partial charge in [-0.15, -0.1) is 0 Å². The molecule has 1 heterocycles. The number of fused-ring (bicyclic) bond motifs is 1. The number of hydrogen-bond acceptors (Lipinski definition) is 6. The van der Waals surface area contributed by atoms with Crippen LogP contribution in [0.25, 0.3) is 0 Å². The van der Waals surface area contributed by atoms with Crippen molar-refractivity contribution in [1.29, 1.82) is 0 Å². The molecule has 0 saturated carbocycles. The van der Waals surface area contributed by atoms with Crippen molar-refractivity contribution in [3.8, 4) is 5.75 Å². The molecule has 0 fully saturated rings. The molecule has 0 radical (unpaired) electrons. The second kappa shape index (κ2) is 13.3. The first-order chi connectivity index (χ1) is 17.8. The minimum absolute atomic E-state index is 0.119. The Bertz CT molecular complexity index is 1110. The molecule has 3 rings (SSSR count). The van der Waals surface area contributed by atoms with E-state index < -0.39 is 6.03 Å². The summed E-state index contributed by atoms with van der Waals surface area (Å²) in [4.78, 5) is 43.8. The summed E-state index contributed by atoms with van der Waals surface area (Å²) < 4.78 is 10.4. The highest BCUT2D eigenvalue weighted by atomic mass is 35.5. The fourth-order valence-electron chi connectivity index (χ4n) is 3.98. The molecule has 2 aromatic rings. The van der Waals surface area contributed by atoms with Gasteiger partial charge in [-0.1, -0.05) is 29.8 Å². The highest BCUT2D eigenvalue weighted by Gasteiger charge is 2.32. The number of methoxy groups -OCH3 is 1. The van der Waals surface area contributed by atoms with Crippen LogP contribution in [0.1, 0.15) is 22.8 Å². The Morgan fingerprint density at radius 2 is 1.95 bits per heavy atom. The zero-order valence-electron chi connectivity index (χ0n) is 21.3. The number of likely N-dealkylation sites (N-methyl/N-ethyl adjacent to an activating group) is 1. The number of hydrogen-bond donors (Lipinski definition) is 2. The van der Waals surface area contributed by atoms with E-state index in [0.717, 1.165) is 5.56 Å². The summed E-state index contributed by atoms with van der Waals surface area (Å²) in [5, 5.41) is 11.9. The normalized spacial score (nSPS) is 15.0. The highest BCUT2D eigenvalue weighted by Crippen LogP contribution is 2.31. The van der Waals surface area contributed by atoms with Crippen LogP contribution in [-0.2, 0) is 16.1 Å². The lowest BCUT2D eigenvalue weighted by molar-refractivity contribution is -0.129. The van der Waals surface area contributed by atoms with Crippen molar-refractivity contribution in [3.05, 3.63) is 58.6 Å². The van der Waals surface area contributed by atoms with Gasteiger partial charge < -0.3 is 34.6 Å². The SMILES string of the molecule is COCCN(C)C(=O)CNC(=O)N1Cc2ccccc2N(C(=O)c2ccc(OCCO)cc2Cl)C[C@H]1C. The zero-order valence-corrected chi connectivity index (χ0v) is 22.0. The van der Waals surface area contributed by atoms with Crippen molar-refractivity contribution < 1.29 is 29.0 Å². The summed E-state index contributed by atoms with van der Waals surface area (Å²) in [5.41, 5.74) is 1.77. The molecule has 0 aromatic heterocycles. The Hall–Kier alpha value is -3.34. The second-order valence-electron chi connectivity index (χ2n) is 8.70. The van der Waals surface area contributed by atoms with Crippen molar-refractivity contribution >= 4 is 35.1 Å². The molecule has 2 aromatic carbocycles. The number of anilines is 1. The first-order valence-electron chi connectivity index (χ1n) is 12.0. The fraction of sp³-hybridized carbons (Fsp3) is 0.423. The molecule has 0 saturated heterocycles. The lowest BCUT2D eigenvalue weighted by atomic mass is 10.1. The number of rotatable bonds is 9. The molecular weight excluding hydrogens is 500 g/mol. The third kappa shape index (κ3) is 7.12. The molecule has 0 bridgehead atoms. The average molecular weight is 533 g/mol. The maximum absolute atomic E-state index is 13.6. The maximum Gasteiger partial charge on any atom is 0.318 e. The smallest absolute Gasteiger partial charge is 0.318 e. The number of halogens is 1. The molecule has 37 heavy (non-hydrogen) atoms. The summed E-state index contributed by atoms with van der Waals surface area (Å²) in [7, 11) is 3.21. The Kier molecular flexibility index (Phi) is 10.1. The van der Waals surface area contributed by atoms with Gasteiger partial charge in [-0.2, -0.15) is 0 Å². The Balaban J connectivity index is 1.78. The van der Waals surface area contributed by atoms with E-state index in [0.29, 0.717) is 30.2 Å². The van der Waals surface area contributed by atoms with Crippen molar-refractivity contribution in [2.45, 2.75) is 19.5 Å². The second-order valence-corrected chi connectivity index (χ2v) is 9.11. The first kappa shape index (κ1) is 28.2. The van der Waals surface area contributed by atoms with Crippen LogP contribution in [0, 0.1) is 0 Å². The van der Waals surface area contributed by atoms with E-state index in [1.54, 1.807) is 36.1 Å². The molecule has 1 aliphatic heterocycles. The number of para-hydroxylation sites is 1. The monoisotopic (exact) mass is 532 g/mol. The quantitative estimate of drug-likeness (QED) is 0.513. The molecule has 0 spiro atoms. The van der Waals surface area contributed by atoms with Crippen molar-refractivity contribution in [2.75, 3.05) is 58.5 Å². The fourth-order valence-corrected chi connectivity index (χ4v) is 4.23. The van der Waals surface area contributed by atoms with E-state index in [4.69, 9.17) is 26.2 Å². The van der Waals surface area contributed by atoms with E-state index in [-0.39, 0.29) is 55.7 Å². The van der Waals surface area contributed by atoms with Crippen LogP contribution in [0.4, 0.5) is 10.5 Å². The predicted octanol–water partition coefficient (Wildman–Crippen LogP) is 2.38. The number of carbonyl (C=O) groups is 3. The third-order valence-corrected chi connectivity index (χ3v) is 6.40. The Labute approximate surface area is 221 Å². The van der Waals surface area contributed by atoms with Gasteiger partial charge >= 0.3 is 6.03 Å². The predicted molar refractivity (Wildman–Crippen MR) is 140 cm³/mol. The summed E-state index contributed by atoms with van der Waals surface area (Å²) >= 11 is 6.43. The number of nitrogens with one attached hydrogen (secondary N) is 1. The number of ether oxygens (including phenoxy) is 2. The number of benzene rings is 2. The molecule has 0 aliphatic carbocycles. The van der Waals surface area contributed by atoms with Gasteiger partial charge in [0.05, 0.1) is 30.3 Å². The molecule has 1 aliphatic rings. The van der Waals surface area contributed by atoms with Gasteiger partial charge in [-0.3, -0.25) is 9.59 Å². The van der Waals surface area contributed by atoms with Gasteiger partial charge in [0, 0.05) is 45.5 Å². The van der Waals surface area contributed by atoms with Crippen molar-refractivity contribution in [1.82, 2.24) is 15.1 Å². The number of urea groups is 1. The van der Waals surface area contributed by atoms with Crippen LogP contribution >= 0.6 is 11.6 Å². The minimum atomic E-state index is -0.395. The van der Waals surface area contributed by atoms with E-state index in [1.807, 2.05) is 31.2 Å². The van der Waals surface area contributed by atoms with Gasteiger partial charge in [0.25, 0.3) is 5.91 Å². The molecule has 0 unspecified atom stereocenters.